The number of ether oxygens (including phenoxy) is 1. The van der Waals surface area contributed by atoms with Crippen LogP contribution in [0.4, 0.5) is 0 Å². The zero-order valence-electron chi connectivity index (χ0n) is 8.28. The number of hydrogen-bond donors (Lipinski definition) is 4. The Morgan fingerprint density at radius 1 is 1.36 bits per heavy atom. The smallest absolute Gasteiger partial charge is 0.0894 e. The van der Waals surface area contributed by atoms with E-state index in [0.29, 0.717) is 39.1 Å². The van der Waals surface area contributed by atoms with Crippen LogP contribution in [0, 0.1) is 0 Å². The van der Waals surface area contributed by atoms with E-state index < -0.39 is 11.7 Å². The normalized spacial score (nSPS) is 23.4. The first-order chi connectivity index (χ1) is 6.66. The first-order valence-electron chi connectivity index (χ1n) is 4.96. The topological polar surface area (TPSA) is 82.0 Å². The van der Waals surface area contributed by atoms with E-state index >= 15 is 0 Å². The van der Waals surface area contributed by atoms with Crippen LogP contribution in [-0.2, 0) is 4.74 Å². The number of aliphatic hydroxyl groups is 3. The van der Waals surface area contributed by atoms with Crippen molar-refractivity contribution in [2.24, 2.45) is 0 Å². The van der Waals surface area contributed by atoms with Gasteiger partial charge in [-0.3, -0.25) is 0 Å². The molecule has 1 atom stereocenters. The average Bonchev–Trinajstić information content (AvgIpc) is 2.18. The van der Waals surface area contributed by atoms with Crippen LogP contribution < -0.4 is 5.32 Å². The van der Waals surface area contributed by atoms with Crippen molar-refractivity contribution >= 4 is 0 Å². The van der Waals surface area contributed by atoms with E-state index in [0.717, 1.165) is 0 Å². The molecule has 0 saturated carbocycles. The van der Waals surface area contributed by atoms with Crippen molar-refractivity contribution in [1.29, 1.82) is 0 Å². The van der Waals surface area contributed by atoms with Crippen LogP contribution in [0.2, 0.25) is 0 Å². The third kappa shape index (κ3) is 3.89. The summed E-state index contributed by atoms with van der Waals surface area (Å²) in [6.07, 6.45) is 0.489. The summed E-state index contributed by atoms with van der Waals surface area (Å²) in [4.78, 5) is 0. The Kier molecular flexibility index (Phi) is 4.77. The monoisotopic (exact) mass is 205 g/mol. The standard InChI is InChI=1S/C9H19NO4/c11-6-8(12)5-10-7-9(13)1-3-14-4-2-9/h8,10-13H,1-7H2/t8-/m0/s1. The molecule has 0 spiro atoms. The lowest BCUT2D eigenvalue weighted by molar-refractivity contribution is -0.0627. The Balaban J connectivity index is 2.15. The highest BCUT2D eigenvalue weighted by Crippen LogP contribution is 2.18. The predicted octanol–water partition coefficient (Wildman–Crippen LogP) is -1.53. The van der Waals surface area contributed by atoms with Crippen molar-refractivity contribution in [3.8, 4) is 0 Å². The maximum absolute atomic E-state index is 9.97. The van der Waals surface area contributed by atoms with Gasteiger partial charge in [0.2, 0.25) is 0 Å². The molecule has 1 aliphatic rings. The lowest BCUT2D eigenvalue weighted by atomic mass is 9.94. The van der Waals surface area contributed by atoms with Crippen molar-refractivity contribution in [3.05, 3.63) is 0 Å². The van der Waals surface area contributed by atoms with Crippen LogP contribution >= 0.6 is 0 Å². The molecule has 0 bridgehead atoms. The van der Waals surface area contributed by atoms with Gasteiger partial charge in [-0.15, -0.1) is 0 Å². The summed E-state index contributed by atoms with van der Waals surface area (Å²) >= 11 is 0. The maximum Gasteiger partial charge on any atom is 0.0894 e. The minimum atomic E-state index is -0.751. The summed E-state index contributed by atoms with van der Waals surface area (Å²) in [6, 6.07) is 0. The third-order valence-electron chi connectivity index (χ3n) is 2.47. The summed E-state index contributed by atoms with van der Waals surface area (Å²) < 4.78 is 5.14. The molecule has 0 aromatic heterocycles. The first kappa shape index (κ1) is 11.9. The largest absolute Gasteiger partial charge is 0.394 e. The summed E-state index contributed by atoms with van der Waals surface area (Å²) in [5, 5.41) is 30.5. The SMILES string of the molecule is OC[C@@H](O)CNCC1(O)CCOCC1. The number of hydrogen-bond acceptors (Lipinski definition) is 5. The molecule has 5 nitrogen and oxygen atoms in total. The van der Waals surface area contributed by atoms with Gasteiger partial charge in [-0.1, -0.05) is 0 Å². The minimum Gasteiger partial charge on any atom is -0.394 e. The van der Waals surface area contributed by atoms with Gasteiger partial charge in [-0.25, -0.2) is 0 Å². The zero-order chi connectivity index (χ0) is 10.4. The van der Waals surface area contributed by atoms with Gasteiger partial charge in [0, 0.05) is 39.1 Å². The van der Waals surface area contributed by atoms with Crippen LogP contribution in [0.1, 0.15) is 12.8 Å². The van der Waals surface area contributed by atoms with Gasteiger partial charge in [0.1, 0.15) is 0 Å². The fraction of sp³-hybridized carbons (Fsp3) is 1.00. The molecule has 0 aliphatic carbocycles. The Labute approximate surface area is 83.7 Å². The van der Waals surface area contributed by atoms with Crippen molar-refractivity contribution in [2.75, 3.05) is 32.9 Å². The zero-order valence-corrected chi connectivity index (χ0v) is 8.28. The molecule has 0 unspecified atom stereocenters. The molecule has 1 rings (SSSR count). The van der Waals surface area contributed by atoms with Gasteiger partial charge in [0.25, 0.3) is 0 Å². The summed E-state index contributed by atoms with van der Waals surface area (Å²) in [6.45, 7) is 1.66. The second-order valence-corrected chi connectivity index (χ2v) is 3.80. The van der Waals surface area contributed by atoms with Crippen LogP contribution in [-0.4, -0.2) is 59.9 Å². The molecule has 4 N–H and O–H groups in total. The fourth-order valence-corrected chi connectivity index (χ4v) is 1.46. The average molecular weight is 205 g/mol. The third-order valence-corrected chi connectivity index (χ3v) is 2.47. The molecule has 1 aliphatic heterocycles. The second-order valence-electron chi connectivity index (χ2n) is 3.80. The van der Waals surface area contributed by atoms with E-state index in [2.05, 4.69) is 5.32 Å². The van der Waals surface area contributed by atoms with Gasteiger partial charge in [-0.2, -0.15) is 0 Å². The summed E-state index contributed by atoms with van der Waals surface area (Å²) in [5.41, 5.74) is -0.715. The fourth-order valence-electron chi connectivity index (χ4n) is 1.46. The molecule has 1 fully saturated rings. The van der Waals surface area contributed by atoms with Gasteiger partial charge in [0.05, 0.1) is 18.3 Å². The molecular formula is C9H19NO4. The molecule has 5 heteroatoms. The molecule has 1 heterocycles. The number of nitrogens with one attached hydrogen (secondary N) is 1. The van der Waals surface area contributed by atoms with Crippen LogP contribution in [0.25, 0.3) is 0 Å². The van der Waals surface area contributed by atoms with Gasteiger partial charge < -0.3 is 25.4 Å². The van der Waals surface area contributed by atoms with E-state index in [4.69, 9.17) is 14.9 Å². The maximum atomic E-state index is 9.97. The molecule has 14 heavy (non-hydrogen) atoms. The Morgan fingerprint density at radius 2 is 2.00 bits per heavy atom. The van der Waals surface area contributed by atoms with Crippen LogP contribution in [0.15, 0.2) is 0 Å². The molecule has 84 valence electrons. The quantitative estimate of drug-likeness (QED) is 0.438. The lowest BCUT2D eigenvalue weighted by Gasteiger charge is -2.32. The molecule has 0 aromatic carbocycles. The summed E-state index contributed by atoms with van der Waals surface area (Å²) in [5.74, 6) is 0. The summed E-state index contributed by atoms with van der Waals surface area (Å²) in [7, 11) is 0. The molecule has 1 saturated heterocycles. The molecule has 0 radical (unpaired) electrons. The van der Waals surface area contributed by atoms with E-state index in [-0.39, 0.29) is 6.61 Å². The van der Waals surface area contributed by atoms with Crippen molar-refractivity contribution < 1.29 is 20.1 Å². The lowest BCUT2D eigenvalue weighted by Crippen LogP contribution is -2.46. The first-order valence-corrected chi connectivity index (χ1v) is 4.96. The van der Waals surface area contributed by atoms with Gasteiger partial charge >= 0.3 is 0 Å². The second kappa shape index (κ2) is 5.63. The molecule has 0 amide bonds. The van der Waals surface area contributed by atoms with Gasteiger partial charge in [-0.05, 0) is 0 Å². The van der Waals surface area contributed by atoms with E-state index in [1.807, 2.05) is 0 Å². The minimum absolute atomic E-state index is 0.255. The van der Waals surface area contributed by atoms with Crippen LogP contribution in [0.5, 0.6) is 0 Å². The predicted molar refractivity (Wildman–Crippen MR) is 51.0 cm³/mol. The van der Waals surface area contributed by atoms with E-state index in [1.165, 1.54) is 0 Å². The van der Waals surface area contributed by atoms with Crippen molar-refractivity contribution in [3.63, 3.8) is 0 Å². The molecular weight excluding hydrogens is 186 g/mol. The number of rotatable bonds is 5. The van der Waals surface area contributed by atoms with Crippen molar-refractivity contribution in [1.82, 2.24) is 5.32 Å². The Hall–Kier alpha value is -0.200. The molecule has 0 aromatic rings. The number of aliphatic hydroxyl groups excluding tert-OH is 2. The highest BCUT2D eigenvalue weighted by Gasteiger charge is 2.29. The van der Waals surface area contributed by atoms with Crippen molar-refractivity contribution in [2.45, 2.75) is 24.5 Å². The van der Waals surface area contributed by atoms with E-state index in [1.54, 1.807) is 0 Å². The van der Waals surface area contributed by atoms with Gasteiger partial charge in [0.15, 0.2) is 0 Å². The van der Waals surface area contributed by atoms with E-state index in [9.17, 15) is 5.11 Å². The highest BCUT2D eigenvalue weighted by molar-refractivity contribution is 4.83. The Morgan fingerprint density at radius 3 is 2.57 bits per heavy atom. The highest BCUT2D eigenvalue weighted by atomic mass is 16.5. The Bertz CT molecular complexity index is 159. The van der Waals surface area contributed by atoms with Crippen LogP contribution in [0.3, 0.4) is 0 Å².